The maximum Gasteiger partial charge on any atom is 0.418 e. The van der Waals surface area contributed by atoms with Crippen LogP contribution in [0.5, 0.6) is 5.88 Å². The fourth-order valence-corrected chi connectivity index (χ4v) is 3.06. The van der Waals surface area contributed by atoms with Gasteiger partial charge >= 0.3 is 6.18 Å². The van der Waals surface area contributed by atoms with Gasteiger partial charge in [0.15, 0.2) is 5.13 Å². The summed E-state index contributed by atoms with van der Waals surface area (Å²) in [5.41, 5.74) is -0.866. The van der Waals surface area contributed by atoms with Crippen molar-refractivity contribution in [3.05, 3.63) is 35.5 Å². The highest BCUT2D eigenvalue weighted by Crippen LogP contribution is 2.37. The molecule has 0 saturated heterocycles. The highest BCUT2D eigenvalue weighted by atomic mass is 32.1. The second kappa shape index (κ2) is 5.78. The Kier molecular flexibility index (Phi) is 3.91. The number of thiazole rings is 1. The lowest BCUT2D eigenvalue weighted by Gasteiger charge is -2.06. The third-order valence-electron chi connectivity index (χ3n) is 3.18. The highest BCUT2D eigenvalue weighted by Gasteiger charge is 2.33. The molecule has 0 fully saturated rings. The number of halogens is 3. The van der Waals surface area contributed by atoms with Crippen molar-refractivity contribution < 1.29 is 22.7 Å². The molecule has 0 aliphatic rings. The first-order chi connectivity index (χ1) is 11.3. The molecular weight excluding hydrogens is 345 g/mol. The van der Waals surface area contributed by atoms with Crippen molar-refractivity contribution in [2.24, 2.45) is 7.05 Å². The summed E-state index contributed by atoms with van der Waals surface area (Å²) in [6.07, 6.45) is -3.07. The van der Waals surface area contributed by atoms with Crippen LogP contribution in [0.1, 0.15) is 15.9 Å². The Morgan fingerprint density at radius 1 is 1.38 bits per heavy atom. The van der Waals surface area contributed by atoms with Crippen molar-refractivity contribution in [2.75, 3.05) is 12.4 Å². The summed E-state index contributed by atoms with van der Waals surface area (Å²) in [5.74, 6) is -0.445. The summed E-state index contributed by atoms with van der Waals surface area (Å²) in [7, 11) is 2.99. The minimum absolute atomic E-state index is 0.0672. The van der Waals surface area contributed by atoms with Gasteiger partial charge in [-0.05, 0) is 12.1 Å². The zero-order chi connectivity index (χ0) is 17.5. The number of alkyl halides is 3. The lowest BCUT2D eigenvalue weighted by atomic mass is 10.2. The first kappa shape index (κ1) is 16.2. The molecule has 6 nitrogen and oxygen atoms in total. The van der Waals surface area contributed by atoms with Crippen molar-refractivity contribution in [2.45, 2.75) is 6.18 Å². The fraction of sp³-hybridized carbons (Fsp3) is 0.214. The van der Waals surface area contributed by atoms with Gasteiger partial charge in [0.1, 0.15) is 5.56 Å². The van der Waals surface area contributed by atoms with Crippen molar-refractivity contribution in [3.8, 4) is 5.88 Å². The Morgan fingerprint density at radius 2 is 2.12 bits per heavy atom. The summed E-state index contributed by atoms with van der Waals surface area (Å²) >= 11 is 0.960. The van der Waals surface area contributed by atoms with Crippen molar-refractivity contribution >= 4 is 32.6 Å². The van der Waals surface area contributed by atoms with Gasteiger partial charge in [0.2, 0.25) is 5.88 Å². The van der Waals surface area contributed by atoms with Crippen LogP contribution in [0.25, 0.3) is 10.2 Å². The number of nitrogens with zero attached hydrogens (tertiary/aromatic N) is 3. The Hall–Kier alpha value is -2.62. The topological polar surface area (TPSA) is 69.0 Å². The van der Waals surface area contributed by atoms with E-state index in [1.807, 2.05) is 0 Å². The number of hydrogen-bond donors (Lipinski definition) is 1. The fourth-order valence-electron chi connectivity index (χ4n) is 2.17. The predicted molar refractivity (Wildman–Crippen MR) is 82.3 cm³/mol. The van der Waals surface area contributed by atoms with E-state index in [0.717, 1.165) is 17.4 Å². The number of benzene rings is 1. The number of amides is 1. The van der Waals surface area contributed by atoms with E-state index in [2.05, 4.69) is 15.4 Å². The number of carbonyl (C=O) groups is 1. The van der Waals surface area contributed by atoms with E-state index in [1.54, 1.807) is 7.05 Å². The van der Waals surface area contributed by atoms with E-state index < -0.39 is 17.6 Å². The molecule has 3 rings (SSSR count). The summed E-state index contributed by atoms with van der Waals surface area (Å²) < 4.78 is 45.7. The second-order valence-electron chi connectivity index (χ2n) is 4.85. The van der Waals surface area contributed by atoms with Gasteiger partial charge < -0.3 is 4.74 Å². The zero-order valence-corrected chi connectivity index (χ0v) is 13.3. The van der Waals surface area contributed by atoms with Crippen LogP contribution in [-0.2, 0) is 13.2 Å². The third-order valence-corrected chi connectivity index (χ3v) is 4.11. The number of aromatic nitrogens is 3. The number of aryl methyl sites for hydroxylation is 1. The third kappa shape index (κ3) is 2.92. The van der Waals surface area contributed by atoms with Crippen molar-refractivity contribution in [1.29, 1.82) is 0 Å². The molecule has 0 bridgehead atoms. The van der Waals surface area contributed by atoms with E-state index in [0.29, 0.717) is 4.70 Å². The minimum atomic E-state index is -4.51. The Balaban J connectivity index is 1.95. The van der Waals surface area contributed by atoms with Gasteiger partial charge in [-0.2, -0.15) is 13.2 Å². The molecule has 1 aromatic carbocycles. The molecule has 0 saturated carbocycles. The van der Waals surface area contributed by atoms with Crippen LogP contribution >= 0.6 is 11.3 Å². The van der Waals surface area contributed by atoms with Crippen LogP contribution in [0.15, 0.2) is 24.4 Å². The second-order valence-corrected chi connectivity index (χ2v) is 5.88. The average molecular weight is 356 g/mol. The van der Waals surface area contributed by atoms with Gasteiger partial charge in [-0.25, -0.2) is 4.98 Å². The van der Waals surface area contributed by atoms with Crippen LogP contribution in [-0.4, -0.2) is 27.8 Å². The standard InChI is InChI=1S/C14H11F3N4O2S/c1-21-6-7(12(20-21)23-2)11(22)19-13-18-10-8(14(15,16)17)4-3-5-9(10)24-13/h3-6H,1-2H3,(H,18,19,22). The monoisotopic (exact) mass is 356 g/mol. The minimum Gasteiger partial charge on any atom is -0.479 e. The number of ether oxygens (including phenoxy) is 1. The maximum atomic E-state index is 13.0. The van der Waals surface area contributed by atoms with Gasteiger partial charge in [-0.15, -0.1) is 5.10 Å². The Labute approximate surface area is 137 Å². The van der Waals surface area contributed by atoms with Crippen LogP contribution in [0.3, 0.4) is 0 Å². The summed E-state index contributed by atoms with van der Waals surface area (Å²) in [6.45, 7) is 0. The lowest BCUT2D eigenvalue weighted by molar-refractivity contribution is -0.136. The summed E-state index contributed by atoms with van der Waals surface area (Å²) in [6, 6.07) is 3.78. The summed E-state index contributed by atoms with van der Waals surface area (Å²) in [5, 5.41) is 6.50. The molecule has 126 valence electrons. The Bertz CT molecular complexity index is 917. The molecule has 0 atom stereocenters. The largest absolute Gasteiger partial charge is 0.479 e. The van der Waals surface area contributed by atoms with E-state index in [-0.39, 0.29) is 22.1 Å². The number of methoxy groups -OCH3 is 1. The van der Waals surface area contributed by atoms with Gasteiger partial charge in [0.25, 0.3) is 5.91 Å². The first-order valence-corrected chi connectivity index (χ1v) is 7.47. The van der Waals surface area contributed by atoms with Crippen molar-refractivity contribution in [1.82, 2.24) is 14.8 Å². The molecule has 0 radical (unpaired) electrons. The smallest absolute Gasteiger partial charge is 0.418 e. The molecule has 24 heavy (non-hydrogen) atoms. The number of para-hydroxylation sites is 1. The maximum absolute atomic E-state index is 13.0. The highest BCUT2D eigenvalue weighted by molar-refractivity contribution is 7.22. The van der Waals surface area contributed by atoms with E-state index in [4.69, 9.17) is 4.74 Å². The van der Waals surface area contributed by atoms with Gasteiger partial charge in [0, 0.05) is 13.2 Å². The SMILES string of the molecule is COc1nn(C)cc1C(=O)Nc1nc2c(C(F)(F)F)cccc2s1. The summed E-state index contributed by atoms with van der Waals surface area (Å²) in [4.78, 5) is 16.2. The number of hydrogen-bond acceptors (Lipinski definition) is 5. The molecule has 1 N–H and O–H groups in total. The van der Waals surface area contributed by atoms with Gasteiger partial charge in [0.05, 0.1) is 22.9 Å². The number of rotatable bonds is 3. The van der Waals surface area contributed by atoms with Gasteiger partial charge in [-0.3, -0.25) is 14.8 Å². The van der Waals surface area contributed by atoms with E-state index in [9.17, 15) is 18.0 Å². The normalized spacial score (nSPS) is 11.7. The molecule has 1 amide bonds. The molecule has 3 aromatic rings. The average Bonchev–Trinajstić information content (AvgIpc) is 3.07. The van der Waals surface area contributed by atoms with Crippen LogP contribution in [0.2, 0.25) is 0 Å². The quantitative estimate of drug-likeness (QED) is 0.782. The van der Waals surface area contributed by atoms with Gasteiger partial charge in [-0.1, -0.05) is 17.4 Å². The van der Waals surface area contributed by atoms with Crippen LogP contribution < -0.4 is 10.1 Å². The molecule has 2 aromatic heterocycles. The predicted octanol–water partition coefficient (Wildman–Crippen LogP) is 3.31. The number of carbonyl (C=O) groups excluding carboxylic acids is 1. The molecule has 10 heteroatoms. The number of fused-ring (bicyclic) bond motifs is 1. The number of nitrogens with one attached hydrogen (secondary N) is 1. The lowest BCUT2D eigenvalue weighted by Crippen LogP contribution is -2.12. The molecular formula is C14H11F3N4O2S. The zero-order valence-electron chi connectivity index (χ0n) is 12.5. The molecule has 0 aliphatic heterocycles. The van der Waals surface area contributed by atoms with Crippen LogP contribution in [0.4, 0.5) is 18.3 Å². The molecule has 0 aliphatic carbocycles. The van der Waals surface area contributed by atoms with E-state index in [1.165, 1.54) is 30.1 Å². The van der Waals surface area contributed by atoms with Crippen LogP contribution in [0, 0.1) is 0 Å². The van der Waals surface area contributed by atoms with Crippen molar-refractivity contribution in [3.63, 3.8) is 0 Å². The molecule has 2 heterocycles. The molecule has 0 unspecified atom stereocenters. The van der Waals surface area contributed by atoms with E-state index >= 15 is 0 Å². The molecule has 0 spiro atoms. The first-order valence-electron chi connectivity index (χ1n) is 6.65. The number of anilines is 1. The Morgan fingerprint density at radius 3 is 2.79 bits per heavy atom.